The van der Waals surface area contributed by atoms with E-state index >= 15 is 0 Å². The second kappa shape index (κ2) is 6.81. The summed E-state index contributed by atoms with van der Waals surface area (Å²) in [5.41, 5.74) is 0.487. The van der Waals surface area contributed by atoms with Gasteiger partial charge in [-0.1, -0.05) is 75.2 Å². The van der Waals surface area contributed by atoms with Crippen LogP contribution in [0.4, 0.5) is 0 Å². The Morgan fingerprint density at radius 3 is 1.59 bits per heavy atom. The van der Waals surface area contributed by atoms with E-state index in [9.17, 15) is 0 Å². The summed E-state index contributed by atoms with van der Waals surface area (Å²) >= 11 is 0. The lowest BCUT2D eigenvalue weighted by molar-refractivity contribution is 0.0456. The van der Waals surface area contributed by atoms with E-state index in [2.05, 4.69) is 62.3 Å². The molecule has 0 saturated carbocycles. The molecule has 5 unspecified atom stereocenters. The number of rotatable bonds is 7. The average molecular weight is 240 g/mol. The van der Waals surface area contributed by atoms with E-state index in [1.54, 1.807) is 0 Å². The van der Waals surface area contributed by atoms with Crippen molar-refractivity contribution in [3.05, 3.63) is 0 Å². The van der Waals surface area contributed by atoms with Crippen LogP contribution < -0.4 is 0 Å². The van der Waals surface area contributed by atoms with Gasteiger partial charge in [-0.25, -0.2) is 0 Å². The summed E-state index contributed by atoms with van der Waals surface area (Å²) in [6, 6.07) is 0. The Morgan fingerprint density at radius 1 is 0.824 bits per heavy atom. The molecule has 0 aromatic carbocycles. The van der Waals surface area contributed by atoms with Crippen LogP contribution in [0.1, 0.15) is 75.2 Å². The molecule has 0 rings (SSSR count). The molecule has 0 aromatic heterocycles. The molecule has 0 fully saturated rings. The second-order valence-electron chi connectivity index (χ2n) is 6.91. The van der Waals surface area contributed by atoms with Crippen molar-refractivity contribution >= 4 is 0 Å². The van der Waals surface area contributed by atoms with Crippen molar-refractivity contribution in [3.63, 3.8) is 0 Å². The predicted octanol–water partition coefficient (Wildman–Crippen LogP) is 6.01. The largest absolute Gasteiger partial charge is 0.0651 e. The smallest absolute Gasteiger partial charge is 0.0277 e. The quantitative estimate of drug-likeness (QED) is 0.511. The summed E-state index contributed by atoms with van der Waals surface area (Å²) in [7, 11) is 0. The van der Waals surface area contributed by atoms with Crippen molar-refractivity contribution in [1.82, 2.24) is 0 Å². The molecule has 0 nitrogen and oxygen atoms in total. The van der Waals surface area contributed by atoms with Crippen LogP contribution in [-0.4, -0.2) is 0 Å². The van der Waals surface area contributed by atoms with Crippen molar-refractivity contribution < 1.29 is 0 Å². The van der Waals surface area contributed by atoms with Crippen molar-refractivity contribution in [3.8, 4) is 0 Å². The second-order valence-corrected chi connectivity index (χ2v) is 6.91. The molecule has 0 aliphatic rings. The third-order valence-electron chi connectivity index (χ3n) is 6.28. The van der Waals surface area contributed by atoms with Gasteiger partial charge in [-0.05, 0) is 35.0 Å². The molecule has 0 bridgehead atoms. The highest BCUT2D eigenvalue weighted by Crippen LogP contribution is 2.45. The Balaban J connectivity index is 4.84. The fraction of sp³-hybridized carbons (Fsp3) is 1.00. The minimum absolute atomic E-state index is 0.487. The zero-order valence-corrected chi connectivity index (χ0v) is 13.8. The van der Waals surface area contributed by atoms with E-state index in [-0.39, 0.29) is 0 Å². The first-order valence-electron chi connectivity index (χ1n) is 7.72. The third-order valence-corrected chi connectivity index (χ3v) is 6.28. The van der Waals surface area contributed by atoms with Gasteiger partial charge in [0.2, 0.25) is 0 Å². The van der Waals surface area contributed by atoms with E-state index in [0.717, 1.165) is 29.6 Å². The summed E-state index contributed by atoms with van der Waals surface area (Å²) in [5.74, 6) is 4.07. The Hall–Kier alpha value is 0. The Labute approximate surface area is 111 Å². The van der Waals surface area contributed by atoms with Crippen molar-refractivity contribution in [2.45, 2.75) is 75.2 Å². The normalized spacial score (nSPS) is 22.9. The Morgan fingerprint density at radius 2 is 1.29 bits per heavy atom. The molecule has 0 spiro atoms. The molecule has 0 aliphatic carbocycles. The molecule has 0 radical (unpaired) electrons. The molecular formula is C17H36. The van der Waals surface area contributed by atoms with E-state index in [4.69, 9.17) is 0 Å². The van der Waals surface area contributed by atoms with Crippen LogP contribution >= 0.6 is 0 Å². The molecule has 0 aromatic rings. The molecule has 0 amide bonds. The van der Waals surface area contributed by atoms with Crippen LogP contribution in [0, 0.1) is 35.0 Å². The van der Waals surface area contributed by atoms with E-state index in [1.807, 2.05) is 0 Å². The van der Waals surface area contributed by atoms with Crippen LogP contribution in [0.3, 0.4) is 0 Å². The van der Waals surface area contributed by atoms with Gasteiger partial charge in [0.1, 0.15) is 0 Å². The predicted molar refractivity (Wildman–Crippen MR) is 80.2 cm³/mol. The van der Waals surface area contributed by atoms with E-state index < -0.39 is 0 Å². The Kier molecular flexibility index (Phi) is 6.81. The van der Waals surface area contributed by atoms with Crippen LogP contribution in [0.2, 0.25) is 0 Å². The van der Waals surface area contributed by atoms with E-state index in [1.165, 1.54) is 12.8 Å². The monoisotopic (exact) mass is 240 g/mol. The van der Waals surface area contributed by atoms with Gasteiger partial charge in [-0.2, -0.15) is 0 Å². The summed E-state index contributed by atoms with van der Waals surface area (Å²) in [6.45, 7) is 21.8. The molecule has 17 heavy (non-hydrogen) atoms. The van der Waals surface area contributed by atoms with Gasteiger partial charge in [0.25, 0.3) is 0 Å². The summed E-state index contributed by atoms with van der Waals surface area (Å²) in [6.07, 6.45) is 2.60. The number of hydrogen-bond acceptors (Lipinski definition) is 0. The zero-order chi connectivity index (χ0) is 13.8. The van der Waals surface area contributed by atoms with Gasteiger partial charge in [0, 0.05) is 0 Å². The first-order valence-corrected chi connectivity index (χ1v) is 7.72. The topological polar surface area (TPSA) is 0 Å². The standard InChI is InChI=1S/C17H36/c1-10-13(5)14(6)15(7)16(8)17(9,11-2)12(3)4/h12-16H,10-11H2,1-9H3. The van der Waals surface area contributed by atoms with E-state index in [0.29, 0.717) is 5.41 Å². The highest BCUT2D eigenvalue weighted by Gasteiger charge is 2.37. The van der Waals surface area contributed by atoms with Gasteiger partial charge in [-0.3, -0.25) is 0 Å². The molecule has 104 valence electrons. The molecule has 5 atom stereocenters. The number of hydrogen-bond donors (Lipinski definition) is 0. The highest BCUT2D eigenvalue weighted by atomic mass is 14.4. The first-order chi connectivity index (χ1) is 7.72. The lowest BCUT2D eigenvalue weighted by Gasteiger charge is -2.44. The summed E-state index contributed by atoms with van der Waals surface area (Å²) < 4.78 is 0. The highest BCUT2D eigenvalue weighted by molar-refractivity contribution is 4.86. The van der Waals surface area contributed by atoms with Crippen LogP contribution in [-0.2, 0) is 0 Å². The maximum absolute atomic E-state index is 2.49. The first kappa shape index (κ1) is 17.0. The van der Waals surface area contributed by atoms with Gasteiger partial charge >= 0.3 is 0 Å². The summed E-state index contributed by atoms with van der Waals surface area (Å²) in [4.78, 5) is 0. The Bertz CT molecular complexity index is 206. The lowest BCUT2D eigenvalue weighted by atomic mass is 9.61. The van der Waals surface area contributed by atoms with Crippen molar-refractivity contribution in [1.29, 1.82) is 0 Å². The molecule has 0 heterocycles. The van der Waals surface area contributed by atoms with Gasteiger partial charge in [0.15, 0.2) is 0 Å². The average Bonchev–Trinajstić information content (AvgIpc) is 2.33. The van der Waals surface area contributed by atoms with Crippen LogP contribution in [0.15, 0.2) is 0 Å². The maximum Gasteiger partial charge on any atom is -0.0277 e. The van der Waals surface area contributed by atoms with Gasteiger partial charge in [0.05, 0.1) is 0 Å². The summed E-state index contributed by atoms with van der Waals surface area (Å²) in [5, 5.41) is 0. The molecule has 0 N–H and O–H groups in total. The van der Waals surface area contributed by atoms with Crippen molar-refractivity contribution in [2.75, 3.05) is 0 Å². The minimum Gasteiger partial charge on any atom is -0.0651 e. The SMILES string of the molecule is CCC(C)C(C)C(C)C(C)C(C)(CC)C(C)C. The fourth-order valence-corrected chi connectivity index (χ4v) is 3.20. The van der Waals surface area contributed by atoms with Gasteiger partial charge < -0.3 is 0 Å². The van der Waals surface area contributed by atoms with Crippen LogP contribution in [0.5, 0.6) is 0 Å². The molecular weight excluding hydrogens is 204 g/mol. The van der Waals surface area contributed by atoms with Crippen LogP contribution in [0.25, 0.3) is 0 Å². The fourth-order valence-electron chi connectivity index (χ4n) is 3.20. The molecule has 0 saturated heterocycles. The minimum atomic E-state index is 0.487. The third kappa shape index (κ3) is 3.73. The lowest BCUT2D eigenvalue weighted by Crippen LogP contribution is -2.37. The zero-order valence-electron chi connectivity index (χ0n) is 13.8. The van der Waals surface area contributed by atoms with Crippen molar-refractivity contribution in [2.24, 2.45) is 35.0 Å². The molecule has 0 aliphatic heterocycles. The molecule has 0 heteroatoms. The maximum atomic E-state index is 2.49. The van der Waals surface area contributed by atoms with Gasteiger partial charge in [-0.15, -0.1) is 0 Å².